The molecule has 4 nitrogen and oxygen atoms in total. The van der Waals surface area contributed by atoms with Gasteiger partial charge in [0.25, 0.3) is 0 Å². The highest BCUT2D eigenvalue weighted by Crippen LogP contribution is 2.41. The van der Waals surface area contributed by atoms with Crippen molar-refractivity contribution in [1.82, 2.24) is 4.98 Å². The van der Waals surface area contributed by atoms with Crippen LogP contribution in [0.15, 0.2) is 6.20 Å². The van der Waals surface area contributed by atoms with E-state index >= 15 is 0 Å². The van der Waals surface area contributed by atoms with Gasteiger partial charge < -0.3 is 9.47 Å². The summed E-state index contributed by atoms with van der Waals surface area (Å²) in [6.07, 6.45) is -10.2. The molecule has 0 aliphatic carbocycles. The number of carbonyl (C=O) groups excluding carboxylic acids is 1. The summed E-state index contributed by atoms with van der Waals surface area (Å²) in [6.45, 7) is 1.09. The summed E-state index contributed by atoms with van der Waals surface area (Å²) in [4.78, 5) is 14.3. The lowest BCUT2D eigenvalue weighted by atomic mass is 10.1. The van der Waals surface area contributed by atoms with Crippen molar-refractivity contribution in [2.75, 3.05) is 6.61 Å². The van der Waals surface area contributed by atoms with Gasteiger partial charge >= 0.3 is 18.5 Å². The molecule has 1 rings (SSSR count). The Hall–Kier alpha value is -1.71. The van der Waals surface area contributed by atoms with Crippen LogP contribution in [0.1, 0.15) is 22.8 Å². The van der Waals surface area contributed by atoms with Crippen LogP contribution in [0.3, 0.4) is 0 Å². The summed E-state index contributed by atoms with van der Waals surface area (Å²) in [5, 5.41) is -1.48. The van der Waals surface area contributed by atoms with Crippen LogP contribution in [0.25, 0.3) is 0 Å². The molecule has 0 spiro atoms. The number of esters is 1. The van der Waals surface area contributed by atoms with E-state index < -0.39 is 40.5 Å². The average Bonchev–Trinajstić information content (AvgIpc) is 2.28. The third kappa shape index (κ3) is 4.38. The Morgan fingerprint density at radius 1 is 1.29 bits per heavy atom. The normalized spacial score (nSPS) is 12.2. The summed E-state index contributed by atoms with van der Waals surface area (Å²) in [5.41, 5.74) is -2.92. The predicted molar refractivity (Wildman–Crippen MR) is 56.9 cm³/mol. The number of pyridine rings is 1. The van der Waals surface area contributed by atoms with Crippen LogP contribution in [0.4, 0.5) is 26.3 Å². The van der Waals surface area contributed by atoms with Gasteiger partial charge in [-0.05, 0) is 6.92 Å². The molecule has 0 unspecified atom stereocenters. The molecule has 0 saturated carbocycles. The fourth-order valence-corrected chi connectivity index (χ4v) is 1.59. The molecule has 1 aromatic heterocycles. The van der Waals surface area contributed by atoms with Crippen molar-refractivity contribution in [2.45, 2.75) is 19.5 Å². The fraction of sp³-hybridized carbons (Fsp3) is 0.400. The highest BCUT2D eigenvalue weighted by atomic mass is 35.5. The van der Waals surface area contributed by atoms with Gasteiger partial charge in [-0.25, -0.2) is 9.78 Å². The van der Waals surface area contributed by atoms with Gasteiger partial charge in [0.15, 0.2) is 0 Å². The maximum atomic E-state index is 12.9. The first kappa shape index (κ1) is 17.3. The van der Waals surface area contributed by atoms with Crippen LogP contribution < -0.4 is 4.74 Å². The zero-order valence-corrected chi connectivity index (χ0v) is 10.9. The molecule has 0 saturated heterocycles. The zero-order valence-electron chi connectivity index (χ0n) is 10.1. The molecular formula is C10H6ClF6NO3. The maximum absolute atomic E-state index is 12.9. The number of hydrogen-bond donors (Lipinski definition) is 0. The van der Waals surface area contributed by atoms with Crippen LogP contribution in [0.5, 0.6) is 5.88 Å². The molecule has 0 atom stereocenters. The van der Waals surface area contributed by atoms with Crippen molar-refractivity contribution in [3.05, 3.63) is 22.3 Å². The number of rotatable bonds is 3. The molecule has 21 heavy (non-hydrogen) atoms. The summed E-state index contributed by atoms with van der Waals surface area (Å²) in [6, 6.07) is 0. The van der Waals surface area contributed by atoms with Crippen LogP contribution >= 0.6 is 11.6 Å². The van der Waals surface area contributed by atoms with Crippen LogP contribution in [-0.4, -0.2) is 23.9 Å². The third-order valence-electron chi connectivity index (χ3n) is 1.98. The molecule has 0 aliphatic heterocycles. The van der Waals surface area contributed by atoms with Gasteiger partial charge in [0.05, 0.1) is 17.7 Å². The molecule has 0 aliphatic rings. The zero-order chi connectivity index (χ0) is 16.4. The molecule has 0 fully saturated rings. The number of halogens is 7. The van der Waals surface area contributed by atoms with E-state index in [1.807, 2.05) is 0 Å². The maximum Gasteiger partial charge on any atom is 0.574 e. The van der Waals surface area contributed by atoms with E-state index in [9.17, 15) is 31.1 Å². The quantitative estimate of drug-likeness (QED) is 0.621. The lowest BCUT2D eigenvalue weighted by Gasteiger charge is -2.16. The second-order valence-corrected chi connectivity index (χ2v) is 3.81. The molecule has 0 N–H and O–H groups in total. The molecule has 1 aromatic rings. The number of aromatic nitrogens is 1. The molecule has 11 heteroatoms. The highest BCUT2D eigenvalue weighted by molar-refractivity contribution is 6.33. The van der Waals surface area contributed by atoms with E-state index in [0.29, 0.717) is 0 Å². The minimum atomic E-state index is -5.29. The SMILES string of the molecule is CCOC(=O)c1cnc(OC(F)(F)F)c(Cl)c1C(F)(F)F. The minimum Gasteiger partial charge on any atom is -0.462 e. The molecule has 1 heterocycles. The number of alkyl halides is 6. The number of hydrogen-bond acceptors (Lipinski definition) is 4. The molecular weight excluding hydrogens is 332 g/mol. The smallest absolute Gasteiger partial charge is 0.462 e. The van der Waals surface area contributed by atoms with E-state index in [1.165, 1.54) is 6.92 Å². The molecule has 0 amide bonds. The van der Waals surface area contributed by atoms with Crippen LogP contribution in [0.2, 0.25) is 5.02 Å². The van der Waals surface area contributed by atoms with Gasteiger partial charge in [-0.3, -0.25) is 0 Å². The summed E-state index contributed by atoms with van der Waals surface area (Å²) >= 11 is 5.23. The third-order valence-corrected chi connectivity index (χ3v) is 2.33. The first-order valence-corrected chi connectivity index (χ1v) is 5.53. The van der Waals surface area contributed by atoms with Crippen molar-refractivity contribution in [3.63, 3.8) is 0 Å². The molecule has 0 aromatic carbocycles. The summed E-state index contributed by atoms with van der Waals surface area (Å²) in [7, 11) is 0. The molecule has 0 radical (unpaired) electrons. The number of carbonyl (C=O) groups is 1. The van der Waals surface area contributed by atoms with Gasteiger partial charge in [-0.1, -0.05) is 11.6 Å². The number of nitrogens with zero attached hydrogens (tertiary/aromatic N) is 1. The van der Waals surface area contributed by atoms with E-state index in [1.54, 1.807) is 0 Å². The Kier molecular flexibility index (Phi) is 4.92. The Balaban J connectivity index is 3.43. The van der Waals surface area contributed by atoms with E-state index in [4.69, 9.17) is 11.6 Å². The topological polar surface area (TPSA) is 48.4 Å². The first-order valence-electron chi connectivity index (χ1n) is 5.16. The van der Waals surface area contributed by atoms with Crippen LogP contribution in [0, 0.1) is 0 Å². The predicted octanol–water partition coefficient (Wildman–Crippen LogP) is 3.83. The Morgan fingerprint density at radius 3 is 2.29 bits per heavy atom. The second-order valence-electron chi connectivity index (χ2n) is 3.43. The highest BCUT2D eigenvalue weighted by Gasteiger charge is 2.42. The standard InChI is InChI=1S/C10H6ClF6NO3/c1-2-20-8(19)4-3-18-7(21-10(15,16)17)6(11)5(4)9(12,13)14/h3H,2H2,1H3. The van der Waals surface area contributed by atoms with Gasteiger partial charge in [0.1, 0.15) is 5.02 Å². The van der Waals surface area contributed by atoms with E-state index in [2.05, 4.69) is 14.5 Å². The molecule has 0 bridgehead atoms. The largest absolute Gasteiger partial charge is 0.574 e. The van der Waals surface area contributed by atoms with Crippen molar-refractivity contribution >= 4 is 17.6 Å². The minimum absolute atomic E-state index is 0.242. The van der Waals surface area contributed by atoms with Gasteiger partial charge in [0.2, 0.25) is 5.88 Å². The van der Waals surface area contributed by atoms with Gasteiger partial charge in [-0.2, -0.15) is 13.2 Å². The van der Waals surface area contributed by atoms with Crippen molar-refractivity contribution in [1.29, 1.82) is 0 Å². The lowest BCUT2D eigenvalue weighted by Crippen LogP contribution is -2.21. The van der Waals surface area contributed by atoms with Crippen molar-refractivity contribution < 1.29 is 40.6 Å². The van der Waals surface area contributed by atoms with E-state index in [-0.39, 0.29) is 12.8 Å². The second kappa shape index (κ2) is 5.96. The van der Waals surface area contributed by atoms with E-state index in [0.717, 1.165) is 0 Å². The Morgan fingerprint density at radius 2 is 1.86 bits per heavy atom. The molecule has 118 valence electrons. The van der Waals surface area contributed by atoms with Crippen LogP contribution in [-0.2, 0) is 10.9 Å². The van der Waals surface area contributed by atoms with Crippen molar-refractivity contribution in [3.8, 4) is 5.88 Å². The number of ether oxygens (including phenoxy) is 2. The summed E-state index contributed by atoms with van der Waals surface area (Å²) < 4.78 is 82.3. The average molecular weight is 338 g/mol. The van der Waals surface area contributed by atoms with Gasteiger partial charge in [0, 0.05) is 6.20 Å². The monoisotopic (exact) mass is 337 g/mol. The van der Waals surface area contributed by atoms with Crippen molar-refractivity contribution in [2.24, 2.45) is 0 Å². The fourth-order valence-electron chi connectivity index (χ4n) is 1.29. The summed E-state index contributed by atoms with van der Waals surface area (Å²) in [5.74, 6) is -2.93. The van der Waals surface area contributed by atoms with Gasteiger partial charge in [-0.15, -0.1) is 13.2 Å². The first-order chi connectivity index (χ1) is 9.47. The Labute approximate surface area is 118 Å². The Bertz CT molecular complexity index is 543. The lowest BCUT2D eigenvalue weighted by molar-refractivity contribution is -0.276.